The van der Waals surface area contributed by atoms with E-state index in [1.165, 1.54) is 29.3 Å². The number of carbonyl (C=O) groups excluding carboxylic acids is 1. The van der Waals surface area contributed by atoms with Gasteiger partial charge in [0.05, 0.1) is 4.92 Å². The van der Waals surface area contributed by atoms with Crippen LogP contribution in [0, 0.1) is 10.1 Å². The van der Waals surface area contributed by atoms with Gasteiger partial charge in [0, 0.05) is 31.8 Å². The van der Waals surface area contributed by atoms with Crippen LogP contribution >= 0.6 is 0 Å². The summed E-state index contributed by atoms with van der Waals surface area (Å²) in [6.45, 7) is 0. The van der Waals surface area contributed by atoms with E-state index in [0.717, 1.165) is 0 Å². The van der Waals surface area contributed by atoms with Crippen LogP contribution in [0.1, 0.15) is 10.4 Å². The number of hydrazine groups is 1. The van der Waals surface area contributed by atoms with E-state index in [1.807, 2.05) is 0 Å². The van der Waals surface area contributed by atoms with Crippen molar-refractivity contribution in [1.29, 1.82) is 0 Å². The lowest BCUT2D eigenvalue weighted by Crippen LogP contribution is -2.36. The standard InChI is InChI=1S/C9H11N3O3/c1-10-11(2)9(13)7-3-5-8(6-4-7)12(14)15/h3-6,10H,1-2H3. The van der Waals surface area contributed by atoms with Crippen LogP contribution in [0.2, 0.25) is 0 Å². The van der Waals surface area contributed by atoms with Gasteiger partial charge in [0.15, 0.2) is 0 Å². The van der Waals surface area contributed by atoms with Crippen molar-refractivity contribution in [1.82, 2.24) is 10.4 Å². The van der Waals surface area contributed by atoms with Gasteiger partial charge in [-0.1, -0.05) is 0 Å². The fourth-order valence-electron chi connectivity index (χ4n) is 1.02. The van der Waals surface area contributed by atoms with Gasteiger partial charge in [0.25, 0.3) is 11.6 Å². The highest BCUT2D eigenvalue weighted by Crippen LogP contribution is 2.12. The normalized spacial score (nSPS) is 9.73. The molecule has 80 valence electrons. The number of nitrogens with one attached hydrogen (secondary N) is 1. The first-order chi connectivity index (χ1) is 7.06. The Balaban J connectivity index is 2.89. The summed E-state index contributed by atoms with van der Waals surface area (Å²) in [5.74, 6) is -0.243. The SMILES string of the molecule is CNN(C)C(=O)c1ccc([N+](=O)[O-])cc1. The Bertz CT molecular complexity index is 375. The molecule has 0 atom stereocenters. The van der Waals surface area contributed by atoms with Crippen molar-refractivity contribution in [3.8, 4) is 0 Å². The van der Waals surface area contributed by atoms with Crippen LogP contribution in [0.3, 0.4) is 0 Å². The molecule has 0 saturated heterocycles. The molecular formula is C9H11N3O3. The van der Waals surface area contributed by atoms with Crippen molar-refractivity contribution in [2.45, 2.75) is 0 Å². The molecule has 0 unspecified atom stereocenters. The summed E-state index contributed by atoms with van der Waals surface area (Å²) in [7, 11) is 3.19. The number of amides is 1. The molecule has 6 nitrogen and oxygen atoms in total. The quantitative estimate of drug-likeness (QED) is 0.590. The topological polar surface area (TPSA) is 75.5 Å². The molecule has 1 rings (SSSR count). The molecule has 0 saturated carbocycles. The Morgan fingerprint density at radius 3 is 2.33 bits per heavy atom. The molecule has 15 heavy (non-hydrogen) atoms. The Hall–Kier alpha value is -1.95. The van der Waals surface area contributed by atoms with E-state index in [-0.39, 0.29) is 11.6 Å². The Labute approximate surface area is 86.6 Å². The van der Waals surface area contributed by atoms with Crippen LogP contribution in [0.25, 0.3) is 0 Å². The monoisotopic (exact) mass is 209 g/mol. The van der Waals surface area contributed by atoms with E-state index in [0.29, 0.717) is 5.56 Å². The summed E-state index contributed by atoms with van der Waals surface area (Å²) < 4.78 is 0. The number of benzene rings is 1. The molecule has 0 radical (unpaired) electrons. The molecule has 1 aromatic carbocycles. The van der Waals surface area contributed by atoms with Crippen LogP contribution in [0.4, 0.5) is 5.69 Å². The van der Waals surface area contributed by atoms with Gasteiger partial charge in [-0.3, -0.25) is 19.9 Å². The van der Waals surface area contributed by atoms with Crippen molar-refractivity contribution in [3.05, 3.63) is 39.9 Å². The molecule has 0 fully saturated rings. The lowest BCUT2D eigenvalue weighted by atomic mass is 10.2. The zero-order valence-electron chi connectivity index (χ0n) is 8.43. The number of non-ortho nitro benzene ring substituents is 1. The molecule has 1 N–H and O–H groups in total. The third-order valence-electron chi connectivity index (χ3n) is 1.97. The van der Waals surface area contributed by atoms with Crippen molar-refractivity contribution in [2.75, 3.05) is 14.1 Å². The fraction of sp³-hybridized carbons (Fsp3) is 0.222. The van der Waals surface area contributed by atoms with E-state index in [4.69, 9.17) is 0 Å². The van der Waals surface area contributed by atoms with Crippen molar-refractivity contribution < 1.29 is 9.72 Å². The molecule has 6 heteroatoms. The van der Waals surface area contributed by atoms with Crippen LogP contribution in [-0.4, -0.2) is 29.9 Å². The number of nitro groups is 1. The van der Waals surface area contributed by atoms with Crippen molar-refractivity contribution >= 4 is 11.6 Å². The number of hydrogen-bond donors (Lipinski definition) is 1. The summed E-state index contributed by atoms with van der Waals surface area (Å²) >= 11 is 0. The second-order valence-corrected chi connectivity index (χ2v) is 2.89. The summed E-state index contributed by atoms with van der Waals surface area (Å²) in [4.78, 5) is 21.4. The summed E-state index contributed by atoms with van der Waals surface area (Å²) in [6, 6.07) is 5.45. The molecule has 1 aromatic rings. The Kier molecular flexibility index (Phi) is 3.35. The van der Waals surface area contributed by atoms with E-state index in [2.05, 4.69) is 5.43 Å². The molecule has 0 aliphatic rings. The first-order valence-corrected chi connectivity index (χ1v) is 4.26. The third kappa shape index (κ3) is 2.50. The fourth-order valence-corrected chi connectivity index (χ4v) is 1.02. The minimum absolute atomic E-state index is 0.0290. The molecular weight excluding hydrogens is 198 g/mol. The molecule has 0 aliphatic heterocycles. The van der Waals surface area contributed by atoms with Crippen LogP contribution < -0.4 is 5.43 Å². The molecule has 0 heterocycles. The predicted molar refractivity (Wildman–Crippen MR) is 54.2 cm³/mol. The van der Waals surface area contributed by atoms with Crippen LogP contribution in [0.15, 0.2) is 24.3 Å². The molecule has 0 aliphatic carbocycles. The third-order valence-corrected chi connectivity index (χ3v) is 1.97. The Morgan fingerprint density at radius 1 is 1.40 bits per heavy atom. The second kappa shape index (κ2) is 4.52. The maximum absolute atomic E-state index is 11.6. The Morgan fingerprint density at radius 2 is 1.93 bits per heavy atom. The maximum atomic E-state index is 11.6. The number of nitro benzene ring substituents is 1. The zero-order valence-corrected chi connectivity index (χ0v) is 8.43. The van der Waals surface area contributed by atoms with Crippen molar-refractivity contribution in [3.63, 3.8) is 0 Å². The summed E-state index contributed by atoms with van der Waals surface area (Å²) in [5, 5.41) is 11.7. The first-order valence-electron chi connectivity index (χ1n) is 4.26. The van der Waals surface area contributed by atoms with Gasteiger partial charge in [-0.2, -0.15) is 0 Å². The number of rotatable bonds is 3. The smallest absolute Gasteiger partial charge is 0.269 e. The van der Waals surface area contributed by atoms with E-state index in [9.17, 15) is 14.9 Å². The lowest BCUT2D eigenvalue weighted by molar-refractivity contribution is -0.384. The summed E-state index contributed by atoms with van der Waals surface area (Å²) in [5.41, 5.74) is 3.02. The molecule has 0 aromatic heterocycles. The van der Waals surface area contributed by atoms with Gasteiger partial charge in [0.1, 0.15) is 0 Å². The van der Waals surface area contributed by atoms with Gasteiger partial charge < -0.3 is 0 Å². The van der Waals surface area contributed by atoms with Crippen molar-refractivity contribution in [2.24, 2.45) is 0 Å². The largest absolute Gasteiger partial charge is 0.277 e. The van der Waals surface area contributed by atoms with E-state index in [1.54, 1.807) is 14.1 Å². The van der Waals surface area contributed by atoms with Gasteiger partial charge in [-0.25, -0.2) is 5.43 Å². The highest BCUT2D eigenvalue weighted by Gasteiger charge is 2.11. The minimum Gasteiger partial charge on any atom is -0.277 e. The average molecular weight is 209 g/mol. The van der Waals surface area contributed by atoms with Gasteiger partial charge in [-0.05, 0) is 12.1 Å². The first kappa shape index (κ1) is 11.1. The number of nitrogens with zero attached hydrogens (tertiary/aromatic N) is 2. The minimum atomic E-state index is -0.504. The van der Waals surface area contributed by atoms with Crippen LogP contribution in [0.5, 0.6) is 0 Å². The molecule has 0 spiro atoms. The average Bonchev–Trinajstić information content (AvgIpc) is 2.27. The molecule has 1 amide bonds. The number of hydrogen-bond acceptors (Lipinski definition) is 4. The molecule has 0 bridgehead atoms. The van der Waals surface area contributed by atoms with Gasteiger partial charge >= 0.3 is 0 Å². The van der Waals surface area contributed by atoms with Crippen LogP contribution in [-0.2, 0) is 0 Å². The highest BCUT2D eigenvalue weighted by atomic mass is 16.6. The van der Waals surface area contributed by atoms with Gasteiger partial charge in [-0.15, -0.1) is 0 Å². The zero-order chi connectivity index (χ0) is 11.4. The summed E-state index contributed by atoms with van der Waals surface area (Å²) in [6.07, 6.45) is 0. The second-order valence-electron chi connectivity index (χ2n) is 2.89. The lowest BCUT2D eigenvalue weighted by Gasteiger charge is -2.14. The van der Waals surface area contributed by atoms with E-state index < -0.39 is 4.92 Å². The highest BCUT2D eigenvalue weighted by molar-refractivity contribution is 5.93. The number of carbonyl (C=O) groups is 1. The van der Waals surface area contributed by atoms with Gasteiger partial charge in [0.2, 0.25) is 0 Å². The maximum Gasteiger partial charge on any atom is 0.269 e. The predicted octanol–water partition coefficient (Wildman–Crippen LogP) is 0.801. The van der Waals surface area contributed by atoms with E-state index >= 15 is 0 Å².